The van der Waals surface area contributed by atoms with Gasteiger partial charge in [0.15, 0.2) is 0 Å². The average molecular weight is 235 g/mol. The van der Waals surface area contributed by atoms with Crippen LogP contribution in [-0.2, 0) is 11.2 Å². The van der Waals surface area contributed by atoms with Crippen LogP contribution < -0.4 is 0 Å². The topological polar surface area (TPSA) is 17.1 Å². The van der Waals surface area contributed by atoms with Crippen molar-refractivity contribution in [2.45, 2.75) is 6.42 Å². The third-order valence-corrected chi connectivity index (χ3v) is 1.66. The molecule has 0 N–H and O–H groups in total. The van der Waals surface area contributed by atoms with Gasteiger partial charge in [-0.05, 0) is 28.1 Å². The number of benzene rings is 1. The summed E-state index contributed by atoms with van der Waals surface area (Å²) in [6.07, 6.45) is -0.265. The van der Waals surface area contributed by atoms with Gasteiger partial charge in [-0.3, -0.25) is 4.79 Å². The molecule has 0 fully saturated rings. The van der Waals surface area contributed by atoms with E-state index in [9.17, 15) is 13.6 Å². The fourth-order valence-corrected chi connectivity index (χ4v) is 1.12. The van der Waals surface area contributed by atoms with Crippen LogP contribution >= 0.6 is 15.9 Å². The normalized spacial score (nSPS) is 9.92. The van der Waals surface area contributed by atoms with Gasteiger partial charge in [0.05, 0.1) is 0 Å². The molecule has 0 heterocycles. The minimum Gasteiger partial charge on any atom is -0.286 e. The van der Waals surface area contributed by atoms with E-state index in [0.717, 1.165) is 12.1 Å². The van der Waals surface area contributed by atoms with Gasteiger partial charge in [0.2, 0.25) is 4.69 Å². The first-order valence-electron chi connectivity index (χ1n) is 3.22. The fraction of sp³-hybridized carbons (Fsp3) is 0.125. The lowest BCUT2D eigenvalue weighted by Gasteiger charge is -1.99. The second-order valence-electron chi connectivity index (χ2n) is 2.23. The third kappa shape index (κ3) is 2.11. The van der Waals surface area contributed by atoms with E-state index in [4.69, 9.17) is 0 Å². The summed E-state index contributed by atoms with van der Waals surface area (Å²) >= 11 is 2.61. The Hall–Kier alpha value is -0.770. The van der Waals surface area contributed by atoms with Crippen molar-refractivity contribution in [2.24, 2.45) is 0 Å². The Bertz CT molecular complexity index is 292. The SMILES string of the molecule is O=C(Br)Cc1c(F)cccc1F. The molecule has 0 radical (unpaired) electrons. The molecule has 0 saturated heterocycles. The summed E-state index contributed by atoms with van der Waals surface area (Å²) < 4.78 is 25.2. The first-order valence-corrected chi connectivity index (χ1v) is 4.02. The number of hydrogen-bond donors (Lipinski definition) is 0. The van der Waals surface area contributed by atoms with Gasteiger partial charge in [0.1, 0.15) is 11.6 Å². The van der Waals surface area contributed by atoms with Crippen LogP contribution in [0.2, 0.25) is 0 Å². The van der Waals surface area contributed by atoms with E-state index in [1.807, 2.05) is 0 Å². The van der Waals surface area contributed by atoms with Crippen molar-refractivity contribution in [1.29, 1.82) is 0 Å². The number of carbonyl (C=O) groups excluding carboxylic acids is 1. The summed E-state index contributed by atoms with van der Waals surface area (Å²) in [6.45, 7) is 0. The summed E-state index contributed by atoms with van der Waals surface area (Å²) in [7, 11) is 0. The fourth-order valence-electron chi connectivity index (χ4n) is 0.840. The first kappa shape index (κ1) is 9.32. The highest BCUT2D eigenvalue weighted by Crippen LogP contribution is 2.13. The zero-order valence-electron chi connectivity index (χ0n) is 5.98. The maximum Gasteiger partial charge on any atom is 0.202 e. The lowest BCUT2D eigenvalue weighted by Crippen LogP contribution is -1.99. The highest BCUT2D eigenvalue weighted by molar-refractivity contribution is 9.18. The van der Waals surface area contributed by atoms with Crippen LogP contribution in [0.25, 0.3) is 0 Å². The Labute approximate surface area is 76.5 Å². The lowest BCUT2D eigenvalue weighted by atomic mass is 10.1. The Kier molecular flexibility index (Phi) is 2.92. The highest BCUT2D eigenvalue weighted by atomic mass is 79.9. The number of hydrogen-bond acceptors (Lipinski definition) is 1. The molecule has 0 spiro atoms. The maximum atomic E-state index is 12.8. The smallest absolute Gasteiger partial charge is 0.202 e. The average Bonchev–Trinajstić information content (AvgIpc) is 1.97. The summed E-state index contributed by atoms with van der Waals surface area (Å²) in [6, 6.07) is 3.50. The van der Waals surface area contributed by atoms with Crippen molar-refractivity contribution in [2.75, 3.05) is 0 Å². The zero-order valence-corrected chi connectivity index (χ0v) is 7.57. The molecule has 4 heteroatoms. The highest BCUT2D eigenvalue weighted by Gasteiger charge is 2.10. The summed E-state index contributed by atoms with van der Waals surface area (Å²) in [5.41, 5.74) is -0.195. The Morgan fingerprint density at radius 1 is 1.33 bits per heavy atom. The molecule has 0 unspecified atom stereocenters. The van der Waals surface area contributed by atoms with E-state index < -0.39 is 16.3 Å². The predicted octanol–water partition coefficient (Wildman–Crippen LogP) is 2.43. The molecule has 0 atom stereocenters. The molecule has 1 aromatic carbocycles. The molecule has 1 rings (SSSR count). The number of halogens is 3. The summed E-state index contributed by atoms with van der Waals surface area (Å²) in [4.78, 5) is 10.5. The summed E-state index contributed by atoms with van der Waals surface area (Å²) in [5, 5.41) is 0. The molecule has 0 aliphatic carbocycles. The van der Waals surface area contributed by atoms with Crippen molar-refractivity contribution in [3.63, 3.8) is 0 Å². The van der Waals surface area contributed by atoms with Crippen LogP contribution in [0.15, 0.2) is 18.2 Å². The van der Waals surface area contributed by atoms with Crippen LogP contribution in [0.1, 0.15) is 5.56 Å². The van der Waals surface area contributed by atoms with Crippen LogP contribution in [0.5, 0.6) is 0 Å². The van der Waals surface area contributed by atoms with Crippen LogP contribution in [-0.4, -0.2) is 4.69 Å². The van der Waals surface area contributed by atoms with Crippen molar-refractivity contribution < 1.29 is 13.6 Å². The minimum absolute atomic E-state index is 0.195. The maximum absolute atomic E-state index is 12.8. The Morgan fingerprint density at radius 2 is 1.83 bits per heavy atom. The molecular formula is C8H5BrF2O. The van der Waals surface area contributed by atoms with Crippen LogP contribution in [0, 0.1) is 11.6 Å². The predicted molar refractivity (Wildman–Crippen MR) is 44.0 cm³/mol. The molecule has 1 aromatic rings. The molecule has 64 valence electrons. The van der Waals surface area contributed by atoms with Gasteiger partial charge in [0, 0.05) is 12.0 Å². The van der Waals surface area contributed by atoms with Gasteiger partial charge < -0.3 is 0 Å². The quantitative estimate of drug-likeness (QED) is 0.719. The molecule has 0 aromatic heterocycles. The van der Waals surface area contributed by atoms with Gasteiger partial charge in [-0.1, -0.05) is 6.07 Å². The number of carbonyl (C=O) groups is 1. The molecule has 1 nitrogen and oxygen atoms in total. The first-order chi connectivity index (χ1) is 5.61. The van der Waals surface area contributed by atoms with Crippen molar-refractivity contribution in [3.8, 4) is 0 Å². The van der Waals surface area contributed by atoms with Gasteiger partial charge in [-0.2, -0.15) is 0 Å². The third-order valence-electron chi connectivity index (χ3n) is 1.38. The van der Waals surface area contributed by atoms with E-state index in [0.29, 0.717) is 0 Å². The van der Waals surface area contributed by atoms with E-state index in [-0.39, 0.29) is 12.0 Å². The van der Waals surface area contributed by atoms with Crippen LogP contribution in [0.3, 0.4) is 0 Å². The van der Waals surface area contributed by atoms with Crippen LogP contribution in [0.4, 0.5) is 8.78 Å². The molecule has 0 bridgehead atoms. The van der Waals surface area contributed by atoms with Gasteiger partial charge >= 0.3 is 0 Å². The Morgan fingerprint density at radius 3 is 2.25 bits per heavy atom. The van der Waals surface area contributed by atoms with E-state index in [1.54, 1.807) is 0 Å². The van der Waals surface area contributed by atoms with Crippen molar-refractivity contribution >= 4 is 20.6 Å². The van der Waals surface area contributed by atoms with E-state index in [2.05, 4.69) is 15.9 Å². The number of rotatable bonds is 2. The monoisotopic (exact) mass is 234 g/mol. The molecule has 0 amide bonds. The van der Waals surface area contributed by atoms with E-state index >= 15 is 0 Å². The van der Waals surface area contributed by atoms with Crippen molar-refractivity contribution in [3.05, 3.63) is 35.4 Å². The molecule has 0 aliphatic heterocycles. The molecule has 12 heavy (non-hydrogen) atoms. The molecule has 0 saturated carbocycles. The Balaban J connectivity index is 3.04. The zero-order chi connectivity index (χ0) is 9.14. The lowest BCUT2D eigenvalue weighted by molar-refractivity contribution is -0.109. The van der Waals surface area contributed by atoms with Gasteiger partial charge in [-0.15, -0.1) is 0 Å². The summed E-state index contributed by atoms with van der Waals surface area (Å²) in [5.74, 6) is -1.38. The molecule has 0 aliphatic rings. The second-order valence-corrected chi connectivity index (χ2v) is 3.12. The van der Waals surface area contributed by atoms with E-state index in [1.165, 1.54) is 6.07 Å². The van der Waals surface area contributed by atoms with Crippen molar-refractivity contribution in [1.82, 2.24) is 0 Å². The second kappa shape index (κ2) is 3.76. The molecular weight excluding hydrogens is 230 g/mol. The largest absolute Gasteiger partial charge is 0.286 e. The standard InChI is InChI=1S/C8H5BrF2O/c9-8(12)4-5-6(10)2-1-3-7(5)11/h1-3H,4H2. The van der Waals surface area contributed by atoms with Gasteiger partial charge in [0.25, 0.3) is 0 Å². The van der Waals surface area contributed by atoms with Gasteiger partial charge in [-0.25, -0.2) is 8.78 Å². The minimum atomic E-state index is -0.692.